The lowest BCUT2D eigenvalue weighted by molar-refractivity contribution is -0.121. The molecule has 1 fully saturated rings. The van der Waals surface area contributed by atoms with Crippen molar-refractivity contribution in [3.05, 3.63) is 18.3 Å². The number of rotatable bonds is 1. The van der Waals surface area contributed by atoms with Crippen LogP contribution in [-0.4, -0.2) is 16.8 Å². The minimum atomic E-state index is -0.179. The number of nitrogens with two attached hydrogens (primary N) is 1. The van der Waals surface area contributed by atoms with Gasteiger partial charge in [-0.1, -0.05) is 0 Å². The van der Waals surface area contributed by atoms with Gasteiger partial charge in [-0.2, -0.15) is 0 Å². The highest BCUT2D eigenvalue weighted by molar-refractivity contribution is 6.19. The maximum Gasteiger partial charge on any atom is 0.234 e. The normalized spacial score (nSPS) is 16.4. The number of carbonyl (C=O) groups is 2. The van der Waals surface area contributed by atoms with Gasteiger partial charge in [0.05, 0.1) is 11.9 Å². The summed E-state index contributed by atoms with van der Waals surface area (Å²) >= 11 is 0. The van der Waals surface area contributed by atoms with Crippen molar-refractivity contribution in [2.24, 2.45) is 0 Å². The van der Waals surface area contributed by atoms with E-state index in [4.69, 9.17) is 5.73 Å². The van der Waals surface area contributed by atoms with Crippen molar-refractivity contribution >= 4 is 23.3 Å². The van der Waals surface area contributed by atoms with Gasteiger partial charge in [0.2, 0.25) is 11.8 Å². The number of pyridine rings is 1. The summed E-state index contributed by atoms with van der Waals surface area (Å²) in [6.07, 6.45) is 1.99. The monoisotopic (exact) mass is 191 g/mol. The first-order valence-corrected chi connectivity index (χ1v) is 4.26. The van der Waals surface area contributed by atoms with Crippen LogP contribution in [0.2, 0.25) is 0 Å². The first kappa shape index (κ1) is 8.68. The molecular formula is C9H9N3O2. The van der Waals surface area contributed by atoms with Crippen LogP contribution in [0.15, 0.2) is 18.3 Å². The van der Waals surface area contributed by atoms with Gasteiger partial charge in [-0.25, -0.2) is 9.88 Å². The molecule has 1 saturated heterocycles. The van der Waals surface area contributed by atoms with Gasteiger partial charge in [-0.05, 0) is 12.1 Å². The fourth-order valence-corrected chi connectivity index (χ4v) is 1.39. The second-order valence-electron chi connectivity index (χ2n) is 3.06. The summed E-state index contributed by atoms with van der Waals surface area (Å²) in [5.74, 6) is 0.0102. The van der Waals surface area contributed by atoms with Crippen LogP contribution < -0.4 is 10.6 Å². The number of anilines is 2. The highest BCUT2D eigenvalue weighted by atomic mass is 16.2. The predicted octanol–water partition coefficient (Wildman–Crippen LogP) is 0.317. The first-order chi connectivity index (χ1) is 6.68. The summed E-state index contributed by atoms with van der Waals surface area (Å²) in [4.78, 5) is 27.6. The van der Waals surface area contributed by atoms with Gasteiger partial charge in [-0.3, -0.25) is 9.59 Å². The number of nitrogen functional groups attached to an aromatic ring is 1. The van der Waals surface area contributed by atoms with Crippen LogP contribution in [0, 0.1) is 0 Å². The summed E-state index contributed by atoms with van der Waals surface area (Å²) in [6, 6.07) is 3.18. The van der Waals surface area contributed by atoms with E-state index in [0.717, 1.165) is 4.90 Å². The largest absolute Gasteiger partial charge is 0.384 e. The maximum absolute atomic E-state index is 11.3. The SMILES string of the molecule is Nc1ccc(N2C(=O)CCC2=O)cn1. The van der Waals surface area contributed by atoms with Gasteiger partial charge in [0.25, 0.3) is 0 Å². The van der Waals surface area contributed by atoms with Crippen LogP contribution in [0.5, 0.6) is 0 Å². The lowest BCUT2D eigenvalue weighted by Gasteiger charge is -2.12. The molecule has 14 heavy (non-hydrogen) atoms. The molecule has 1 aliphatic rings. The average molecular weight is 191 g/mol. The smallest absolute Gasteiger partial charge is 0.234 e. The number of hydrogen-bond donors (Lipinski definition) is 1. The molecule has 1 aromatic heterocycles. The highest BCUT2D eigenvalue weighted by Crippen LogP contribution is 2.21. The number of aromatic nitrogens is 1. The Hall–Kier alpha value is -1.91. The number of nitrogens with zero attached hydrogens (tertiary/aromatic N) is 2. The molecule has 0 atom stereocenters. The van der Waals surface area contributed by atoms with Crippen LogP contribution in [0.1, 0.15) is 12.8 Å². The summed E-state index contributed by atoms with van der Waals surface area (Å²) < 4.78 is 0. The zero-order chi connectivity index (χ0) is 10.1. The fraction of sp³-hybridized carbons (Fsp3) is 0.222. The average Bonchev–Trinajstić information content (AvgIpc) is 2.49. The summed E-state index contributed by atoms with van der Waals surface area (Å²) in [7, 11) is 0. The minimum Gasteiger partial charge on any atom is -0.384 e. The van der Waals surface area contributed by atoms with Crippen molar-refractivity contribution in [1.82, 2.24) is 4.98 Å². The van der Waals surface area contributed by atoms with E-state index in [1.807, 2.05) is 0 Å². The highest BCUT2D eigenvalue weighted by Gasteiger charge is 2.30. The molecule has 1 aliphatic heterocycles. The molecule has 0 aliphatic carbocycles. The van der Waals surface area contributed by atoms with Crippen LogP contribution in [0.4, 0.5) is 11.5 Å². The Labute approximate surface area is 80.5 Å². The Bertz CT molecular complexity index is 370. The van der Waals surface area contributed by atoms with Crippen LogP contribution in [0.3, 0.4) is 0 Å². The number of amides is 2. The molecule has 2 amide bonds. The quantitative estimate of drug-likeness (QED) is 0.648. The van der Waals surface area contributed by atoms with Crippen molar-refractivity contribution in [2.45, 2.75) is 12.8 Å². The van der Waals surface area contributed by atoms with E-state index in [1.165, 1.54) is 6.20 Å². The van der Waals surface area contributed by atoms with Crippen LogP contribution >= 0.6 is 0 Å². The molecule has 1 aromatic rings. The molecule has 2 heterocycles. The van der Waals surface area contributed by atoms with E-state index in [0.29, 0.717) is 11.5 Å². The number of carbonyl (C=O) groups excluding carboxylic acids is 2. The van der Waals surface area contributed by atoms with Crippen molar-refractivity contribution < 1.29 is 9.59 Å². The third kappa shape index (κ3) is 1.32. The Morgan fingerprint density at radius 2 is 1.86 bits per heavy atom. The van der Waals surface area contributed by atoms with E-state index < -0.39 is 0 Å². The molecule has 0 aromatic carbocycles. The van der Waals surface area contributed by atoms with Gasteiger partial charge >= 0.3 is 0 Å². The maximum atomic E-state index is 11.3. The van der Waals surface area contributed by atoms with Gasteiger partial charge in [-0.15, -0.1) is 0 Å². The second-order valence-corrected chi connectivity index (χ2v) is 3.06. The van der Waals surface area contributed by atoms with Crippen molar-refractivity contribution in [1.29, 1.82) is 0 Å². The van der Waals surface area contributed by atoms with Gasteiger partial charge in [0.15, 0.2) is 0 Å². The van der Waals surface area contributed by atoms with E-state index in [2.05, 4.69) is 4.98 Å². The molecule has 5 heteroatoms. The third-order valence-corrected chi connectivity index (χ3v) is 2.08. The molecule has 72 valence electrons. The lowest BCUT2D eigenvalue weighted by atomic mass is 10.3. The van der Waals surface area contributed by atoms with Gasteiger partial charge in [0, 0.05) is 12.8 Å². The molecular weight excluding hydrogens is 182 g/mol. The van der Waals surface area contributed by atoms with E-state index in [-0.39, 0.29) is 24.7 Å². The van der Waals surface area contributed by atoms with Crippen molar-refractivity contribution in [3.8, 4) is 0 Å². The first-order valence-electron chi connectivity index (χ1n) is 4.26. The van der Waals surface area contributed by atoms with Crippen molar-refractivity contribution in [3.63, 3.8) is 0 Å². The Morgan fingerprint density at radius 3 is 2.36 bits per heavy atom. The van der Waals surface area contributed by atoms with E-state index in [1.54, 1.807) is 12.1 Å². The number of imide groups is 1. The summed E-state index contributed by atoms with van der Waals surface area (Å²) in [5.41, 5.74) is 5.89. The predicted molar refractivity (Wildman–Crippen MR) is 50.4 cm³/mol. The lowest BCUT2D eigenvalue weighted by Crippen LogP contribution is -2.28. The Kier molecular flexibility index (Phi) is 1.92. The Balaban J connectivity index is 2.34. The number of hydrogen-bond acceptors (Lipinski definition) is 4. The molecule has 0 bridgehead atoms. The molecule has 0 spiro atoms. The van der Waals surface area contributed by atoms with Gasteiger partial charge < -0.3 is 5.73 Å². The second kappa shape index (κ2) is 3.10. The van der Waals surface area contributed by atoms with Crippen LogP contribution in [0.25, 0.3) is 0 Å². The van der Waals surface area contributed by atoms with Crippen molar-refractivity contribution in [2.75, 3.05) is 10.6 Å². The van der Waals surface area contributed by atoms with Gasteiger partial charge in [0.1, 0.15) is 5.82 Å². The van der Waals surface area contributed by atoms with Crippen LogP contribution in [-0.2, 0) is 9.59 Å². The molecule has 0 unspecified atom stereocenters. The Morgan fingerprint density at radius 1 is 1.21 bits per heavy atom. The standard InChI is InChI=1S/C9H9N3O2/c10-7-2-1-6(5-11-7)12-8(13)3-4-9(12)14/h1-2,5H,3-4H2,(H2,10,11). The van der Waals surface area contributed by atoms with E-state index in [9.17, 15) is 9.59 Å². The summed E-state index contributed by atoms with van der Waals surface area (Å²) in [5, 5.41) is 0. The molecule has 2 N–H and O–H groups in total. The molecule has 0 saturated carbocycles. The fourth-order valence-electron chi connectivity index (χ4n) is 1.39. The molecule has 2 rings (SSSR count). The minimum absolute atomic E-state index is 0.179. The van der Waals surface area contributed by atoms with E-state index >= 15 is 0 Å². The molecule has 0 radical (unpaired) electrons. The molecule has 5 nitrogen and oxygen atoms in total. The summed E-state index contributed by atoms with van der Waals surface area (Å²) in [6.45, 7) is 0. The third-order valence-electron chi connectivity index (χ3n) is 2.08. The zero-order valence-corrected chi connectivity index (χ0v) is 7.43. The topological polar surface area (TPSA) is 76.3 Å². The zero-order valence-electron chi connectivity index (χ0n) is 7.43.